The van der Waals surface area contributed by atoms with E-state index < -0.39 is 46.9 Å². The van der Waals surface area contributed by atoms with Crippen LogP contribution in [0, 0.1) is 0 Å². The largest absolute Gasteiger partial charge is 0.466 e. The van der Waals surface area contributed by atoms with Crippen LogP contribution in [0.15, 0.2) is 17.8 Å². The fourth-order valence-corrected chi connectivity index (χ4v) is 3.05. The van der Waals surface area contributed by atoms with Crippen LogP contribution in [-0.4, -0.2) is 74.9 Å². The summed E-state index contributed by atoms with van der Waals surface area (Å²) in [7, 11) is -4.79. The quantitative estimate of drug-likeness (QED) is 0.118. The van der Waals surface area contributed by atoms with E-state index in [-0.39, 0.29) is 11.5 Å². The fourth-order valence-electron chi connectivity index (χ4n) is 1.74. The highest BCUT2D eigenvalue weighted by Gasteiger charge is 2.44. The van der Waals surface area contributed by atoms with Crippen LogP contribution in [0.1, 0.15) is 12.8 Å². The molecule has 23 heavy (non-hydrogen) atoms. The summed E-state index contributed by atoms with van der Waals surface area (Å²) in [4.78, 5) is 0. The normalized spacial score (nSPS) is 32.6. The molecule has 1 fully saturated rings. The third kappa shape index (κ3) is 6.35. The zero-order valence-electron chi connectivity index (χ0n) is 11.9. The van der Waals surface area contributed by atoms with E-state index in [2.05, 4.69) is 16.0 Å². The molecule has 0 amide bonds. The molecule has 1 aliphatic heterocycles. The van der Waals surface area contributed by atoms with E-state index in [9.17, 15) is 23.7 Å². The standard InChI is InChI=1S/C11H19NO9S2/c1-2-3-4-7(12-21-23(17,18)19)22-11-10(16)9(15)8(14)6(5-13)20-11/h2,6,8-11,13-16H,1,3-5H2,(H,17,18,19)/b12-7-/t6-,8-,9+,10-,11+/m0/s1. The predicted octanol–water partition coefficient (Wildman–Crippen LogP) is -1.38. The zero-order valence-corrected chi connectivity index (χ0v) is 13.6. The van der Waals surface area contributed by atoms with Crippen LogP contribution in [0.25, 0.3) is 0 Å². The van der Waals surface area contributed by atoms with E-state index in [0.29, 0.717) is 6.42 Å². The molecule has 12 heteroatoms. The van der Waals surface area contributed by atoms with Crippen molar-refractivity contribution in [3.63, 3.8) is 0 Å². The third-order valence-electron chi connectivity index (χ3n) is 2.90. The van der Waals surface area contributed by atoms with Gasteiger partial charge in [0.25, 0.3) is 0 Å². The van der Waals surface area contributed by atoms with Gasteiger partial charge in [-0.15, -0.1) is 6.58 Å². The SMILES string of the molecule is C=CCC/C(=N/OS(=O)(=O)O)S[C@H]1O[C@@H](CO)[C@H](O)[C@@H](O)[C@@H]1O. The Morgan fingerprint density at radius 2 is 1.96 bits per heavy atom. The predicted molar refractivity (Wildman–Crippen MR) is 80.9 cm³/mol. The first-order valence-electron chi connectivity index (χ1n) is 6.50. The van der Waals surface area contributed by atoms with Gasteiger partial charge in [-0.05, 0) is 6.42 Å². The molecule has 0 radical (unpaired) electrons. The summed E-state index contributed by atoms with van der Waals surface area (Å²) in [5.74, 6) is 0. The number of aliphatic hydroxyl groups excluding tert-OH is 4. The molecule has 134 valence electrons. The fraction of sp³-hybridized carbons (Fsp3) is 0.727. The van der Waals surface area contributed by atoms with Crippen LogP contribution in [0.3, 0.4) is 0 Å². The maximum absolute atomic E-state index is 10.6. The molecule has 0 unspecified atom stereocenters. The number of allylic oxidation sites excluding steroid dienone is 1. The van der Waals surface area contributed by atoms with E-state index in [0.717, 1.165) is 11.8 Å². The van der Waals surface area contributed by atoms with Crippen LogP contribution in [0.5, 0.6) is 0 Å². The Kier molecular flexibility index (Phi) is 7.89. The summed E-state index contributed by atoms with van der Waals surface area (Å²) in [6.07, 6.45) is -3.62. The van der Waals surface area contributed by atoms with Gasteiger partial charge in [-0.1, -0.05) is 23.0 Å². The van der Waals surface area contributed by atoms with Gasteiger partial charge in [-0.3, -0.25) is 4.55 Å². The molecular weight excluding hydrogens is 354 g/mol. The van der Waals surface area contributed by atoms with Crippen molar-refractivity contribution in [3.05, 3.63) is 12.7 Å². The highest BCUT2D eigenvalue weighted by Crippen LogP contribution is 2.30. The second kappa shape index (κ2) is 8.94. The number of rotatable bonds is 7. The monoisotopic (exact) mass is 373 g/mol. The lowest BCUT2D eigenvalue weighted by Gasteiger charge is -2.39. The number of thioether (sulfide) groups is 1. The van der Waals surface area contributed by atoms with Crippen LogP contribution in [0.2, 0.25) is 0 Å². The van der Waals surface area contributed by atoms with Gasteiger partial charge in [0, 0.05) is 6.42 Å². The molecule has 5 N–H and O–H groups in total. The molecule has 0 aromatic heterocycles. The minimum absolute atomic E-state index is 0.0341. The molecule has 0 aromatic carbocycles. The number of hydrogen-bond donors (Lipinski definition) is 5. The van der Waals surface area contributed by atoms with Crippen LogP contribution < -0.4 is 0 Å². The van der Waals surface area contributed by atoms with Crippen molar-refractivity contribution in [3.8, 4) is 0 Å². The van der Waals surface area contributed by atoms with Gasteiger partial charge >= 0.3 is 10.4 Å². The Hall–Kier alpha value is -0.730. The first kappa shape index (κ1) is 20.3. The van der Waals surface area contributed by atoms with Crippen molar-refractivity contribution in [2.75, 3.05) is 6.61 Å². The number of hydrogen-bond acceptors (Lipinski definition) is 10. The molecule has 1 aliphatic rings. The smallest absolute Gasteiger partial charge is 0.394 e. The van der Waals surface area contributed by atoms with Gasteiger partial charge in [0.15, 0.2) is 0 Å². The molecule has 1 saturated heterocycles. The lowest BCUT2D eigenvalue weighted by atomic mass is 10.0. The maximum atomic E-state index is 10.6. The number of aliphatic hydroxyl groups is 4. The highest BCUT2D eigenvalue weighted by atomic mass is 32.3. The Morgan fingerprint density at radius 1 is 1.30 bits per heavy atom. The second-order valence-corrected chi connectivity index (χ2v) is 6.81. The Morgan fingerprint density at radius 3 is 2.48 bits per heavy atom. The second-order valence-electron chi connectivity index (χ2n) is 4.63. The number of oxime groups is 1. The van der Waals surface area contributed by atoms with Crippen molar-refractivity contribution in [2.24, 2.45) is 5.16 Å². The van der Waals surface area contributed by atoms with Crippen molar-refractivity contribution < 1.29 is 42.4 Å². The molecule has 1 rings (SSSR count). The third-order valence-corrected chi connectivity index (χ3v) is 4.33. The molecular formula is C11H19NO9S2. The lowest BCUT2D eigenvalue weighted by molar-refractivity contribution is -0.205. The summed E-state index contributed by atoms with van der Waals surface area (Å²) in [5.41, 5.74) is -1.14. The molecule has 5 atom stereocenters. The molecule has 0 bridgehead atoms. The Bertz CT molecular complexity index is 522. The van der Waals surface area contributed by atoms with Gasteiger partial charge in [-0.2, -0.15) is 8.42 Å². The minimum Gasteiger partial charge on any atom is -0.394 e. The summed E-state index contributed by atoms with van der Waals surface area (Å²) in [5, 5.41) is 41.7. The Balaban J connectivity index is 2.86. The van der Waals surface area contributed by atoms with E-state index in [1.807, 2.05) is 0 Å². The van der Waals surface area contributed by atoms with Crippen LogP contribution in [0.4, 0.5) is 0 Å². The Labute approximate surface area is 137 Å². The van der Waals surface area contributed by atoms with Crippen molar-refractivity contribution in [2.45, 2.75) is 42.7 Å². The van der Waals surface area contributed by atoms with E-state index in [1.54, 1.807) is 0 Å². The number of ether oxygens (including phenoxy) is 1. The van der Waals surface area contributed by atoms with Crippen LogP contribution >= 0.6 is 11.8 Å². The topological polar surface area (TPSA) is 166 Å². The molecule has 10 nitrogen and oxygen atoms in total. The number of nitrogens with zero attached hydrogens (tertiary/aromatic N) is 1. The van der Waals surface area contributed by atoms with Crippen molar-refractivity contribution in [1.29, 1.82) is 0 Å². The van der Waals surface area contributed by atoms with Crippen molar-refractivity contribution in [1.82, 2.24) is 0 Å². The molecule has 0 aliphatic carbocycles. The first-order chi connectivity index (χ1) is 10.7. The summed E-state index contributed by atoms with van der Waals surface area (Å²) in [6.45, 7) is 2.90. The molecule has 0 aromatic rings. The highest BCUT2D eigenvalue weighted by molar-refractivity contribution is 8.14. The summed E-state index contributed by atoms with van der Waals surface area (Å²) < 4.78 is 38.9. The summed E-state index contributed by atoms with van der Waals surface area (Å²) in [6, 6.07) is 0. The minimum atomic E-state index is -4.79. The molecule has 0 spiro atoms. The van der Waals surface area contributed by atoms with Gasteiger partial charge < -0.3 is 25.2 Å². The lowest BCUT2D eigenvalue weighted by Crippen LogP contribution is -2.57. The molecule has 1 heterocycles. The maximum Gasteiger partial charge on any atom is 0.466 e. The summed E-state index contributed by atoms with van der Waals surface area (Å²) >= 11 is 0.727. The van der Waals surface area contributed by atoms with Crippen molar-refractivity contribution >= 4 is 27.2 Å². The average Bonchev–Trinajstić information content (AvgIpc) is 2.49. The molecule has 0 saturated carbocycles. The van der Waals surface area contributed by atoms with Crippen LogP contribution in [-0.2, 0) is 19.4 Å². The van der Waals surface area contributed by atoms with E-state index in [4.69, 9.17) is 14.4 Å². The van der Waals surface area contributed by atoms with Gasteiger partial charge in [-0.25, -0.2) is 4.28 Å². The van der Waals surface area contributed by atoms with E-state index in [1.165, 1.54) is 6.08 Å². The zero-order chi connectivity index (χ0) is 17.6. The first-order valence-corrected chi connectivity index (χ1v) is 8.75. The van der Waals surface area contributed by atoms with Gasteiger partial charge in [0.1, 0.15) is 34.9 Å². The van der Waals surface area contributed by atoms with E-state index >= 15 is 0 Å². The van der Waals surface area contributed by atoms with Gasteiger partial charge in [0.2, 0.25) is 0 Å². The van der Waals surface area contributed by atoms with Gasteiger partial charge in [0.05, 0.1) is 6.61 Å². The average molecular weight is 373 g/mol.